The van der Waals surface area contributed by atoms with Crippen LogP contribution in [0.25, 0.3) is 0 Å². The van der Waals surface area contributed by atoms with Crippen LogP contribution in [-0.2, 0) is 5.75 Å². The van der Waals surface area contributed by atoms with E-state index in [2.05, 4.69) is 41.5 Å². The van der Waals surface area contributed by atoms with Crippen molar-refractivity contribution in [2.45, 2.75) is 24.0 Å². The molecular weight excluding hydrogens is 268 g/mol. The summed E-state index contributed by atoms with van der Waals surface area (Å²) >= 11 is 1.78. The van der Waals surface area contributed by atoms with Crippen molar-refractivity contribution in [2.75, 3.05) is 19.0 Å². The van der Waals surface area contributed by atoms with E-state index >= 15 is 0 Å². The van der Waals surface area contributed by atoms with E-state index in [9.17, 15) is 0 Å². The lowest BCUT2D eigenvalue weighted by Crippen LogP contribution is -2.02. The molecule has 0 amide bonds. The lowest BCUT2D eigenvalue weighted by molar-refractivity contribution is 0.414. The Bertz CT molecular complexity index is 528. The van der Waals surface area contributed by atoms with Gasteiger partial charge in [0.05, 0.1) is 12.8 Å². The number of aromatic nitrogens is 1. The molecule has 1 N–H and O–H groups in total. The molecule has 1 aromatic heterocycles. The Morgan fingerprint density at radius 1 is 1.15 bits per heavy atom. The fourth-order valence-corrected chi connectivity index (χ4v) is 2.54. The van der Waals surface area contributed by atoms with Gasteiger partial charge in [-0.2, -0.15) is 0 Å². The Kier molecular flexibility index (Phi) is 5.74. The Balaban J connectivity index is 1.92. The normalized spacial score (nSPS) is 10.3. The van der Waals surface area contributed by atoms with E-state index in [4.69, 9.17) is 4.74 Å². The Morgan fingerprint density at radius 3 is 2.65 bits per heavy atom. The van der Waals surface area contributed by atoms with E-state index in [1.165, 1.54) is 4.90 Å². The van der Waals surface area contributed by atoms with Crippen LogP contribution in [0.4, 0.5) is 5.82 Å². The Morgan fingerprint density at radius 2 is 1.95 bits per heavy atom. The smallest absolute Gasteiger partial charge is 0.126 e. The number of nitrogens with one attached hydrogen (secondary N) is 1. The largest absolute Gasteiger partial charge is 0.497 e. The van der Waals surface area contributed by atoms with Gasteiger partial charge in [-0.25, -0.2) is 4.98 Å². The number of rotatable bonds is 7. The molecule has 0 aliphatic rings. The summed E-state index contributed by atoms with van der Waals surface area (Å²) in [5.74, 6) is 2.71. The topological polar surface area (TPSA) is 34.1 Å². The second-order valence-corrected chi connectivity index (χ2v) is 5.45. The van der Waals surface area contributed by atoms with Crippen LogP contribution in [0.15, 0.2) is 47.4 Å². The third kappa shape index (κ3) is 4.46. The van der Waals surface area contributed by atoms with E-state index in [1.54, 1.807) is 18.9 Å². The zero-order valence-electron chi connectivity index (χ0n) is 11.9. The summed E-state index contributed by atoms with van der Waals surface area (Å²) in [6.45, 7) is 3.11. The highest BCUT2D eigenvalue weighted by atomic mass is 32.2. The monoisotopic (exact) mass is 288 g/mol. The molecule has 4 heteroatoms. The van der Waals surface area contributed by atoms with Crippen LogP contribution in [0.2, 0.25) is 0 Å². The van der Waals surface area contributed by atoms with Gasteiger partial charge in [0.2, 0.25) is 0 Å². The SMILES string of the molecule is CCCNc1cccc(CSc2ccc(OC)cc2)n1. The minimum atomic E-state index is 0.869. The first kappa shape index (κ1) is 14.7. The van der Waals surface area contributed by atoms with Gasteiger partial charge in [-0.1, -0.05) is 13.0 Å². The van der Waals surface area contributed by atoms with Crippen LogP contribution in [-0.4, -0.2) is 18.6 Å². The molecule has 0 spiro atoms. The number of benzene rings is 1. The number of nitrogens with zero attached hydrogens (tertiary/aromatic N) is 1. The summed E-state index contributed by atoms with van der Waals surface area (Å²) in [5, 5.41) is 3.31. The van der Waals surface area contributed by atoms with Gasteiger partial charge in [0.15, 0.2) is 0 Å². The van der Waals surface area contributed by atoms with Crippen LogP contribution in [0.1, 0.15) is 19.0 Å². The Labute approximate surface area is 124 Å². The fourth-order valence-electron chi connectivity index (χ4n) is 1.74. The molecule has 2 aromatic rings. The molecule has 0 aliphatic carbocycles. The van der Waals surface area contributed by atoms with Crippen molar-refractivity contribution >= 4 is 17.6 Å². The summed E-state index contributed by atoms with van der Waals surface area (Å²) in [6, 6.07) is 14.2. The lowest BCUT2D eigenvalue weighted by Gasteiger charge is -2.07. The molecule has 0 aliphatic heterocycles. The summed E-state index contributed by atoms with van der Waals surface area (Å²) in [7, 11) is 1.68. The molecule has 20 heavy (non-hydrogen) atoms. The van der Waals surface area contributed by atoms with Crippen LogP contribution < -0.4 is 10.1 Å². The average molecular weight is 288 g/mol. The first-order valence-electron chi connectivity index (χ1n) is 6.78. The third-order valence-electron chi connectivity index (χ3n) is 2.81. The van der Waals surface area contributed by atoms with E-state index in [0.29, 0.717) is 0 Å². The van der Waals surface area contributed by atoms with Gasteiger partial charge in [-0.3, -0.25) is 0 Å². The molecule has 0 saturated heterocycles. The van der Waals surface area contributed by atoms with Crippen LogP contribution >= 0.6 is 11.8 Å². The van der Waals surface area contributed by atoms with Crippen molar-refractivity contribution in [1.82, 2.24) is 4.98 Å². The molecule has 106 valence electrons. The van der Waals surface area contributed by atoms with Crippen LogP contribution in [0.3, 0.4) is 0 Å². The first-order chi connectivity index (χ1) is 9.81. The molecule has 0 radical (unpaired) electrons. The third-order valence-corrected chi connectivity index (χ3v) is 3.85. The van der Waals surface area contributed by atoms with Gasteiger partial charge in [-0.05, 0) is 42.8 Å². The Hall–Kier alpha value is -1.68. The van der Waals surface area contributed by atoms with Crippen LogP contribution in [0, 0.1) is 0 Å². The van der Waals surface area contributed by atoms with E-state index in [0.717, 1.165) is 36.0 Å². The van der Waals surface area contributed by atoms with Crippen molar-refractivity contribution < 1.29 is 4.74 Å². The maximum absolute atomic E-state index is 5.16. The van der Waals surface area contributed by atoms with Crippen LogP contribution in [0.5, 0.6) is 5.75 Å². The van der Waals surface area contributed by atoms with Gasteiger partial charge in [0.25, 0.3) is 0 Å². The molecule has 0 unspecified atom stereocenters. The summed E-state index contributed by atoms with van der Waals surface area (Å²) < 4.78 is 5.16. The van der Waals surface area contributed by atoms with Crippen molar-refractivity contribution in [1.29, 1.82) is 0 Å². The quantitative estimate of drug-likeness (QED) is 0.774. The standard InChI is InChI=1S/C16H20N2OS/c1-3-11-17-16-6-4-5-13(18-16)12-20-15-9-7-14(19-2)8-10-15/h4-10H,3,11-12H2,1-2H3,(H,17,18). The predicted molar refractivity (Wildman–Crippen MR) is 85.6 cm³/mol. The lowest BCUT2D eigenvalue weighted by atomic mass is 10.3. The number of hydrogen-bond acceptors (Lipinski definition) is 4. The van der Waals surface area contributed by atoms with Gasteiger partial charge in [0.1, 0.15) is 11.6 Å². The number of methoxy groups -OCH3 is 1. The van der Waals surface area contributed by atoms with Gasteiger partial charge in [0, 0.05) is 17.2 Å². The van der Waals surface area contributed by atoms with Crippen molar-refractivity contribution in [3.8, 4) is 5.75 Å². The molecule has 0 atom stereocenters. The van der Waals surface area contributed by atoms with E-state index < -0.39 is 0 Å². The number of hydrogen-bond donors (Lipinski definition) is 1. The number of pyridine rings is 1. The molecule has 1 aromatic carbocycles. The summed E-state index contributed by atoms with van der Waals surface area (Å²) in [5.41, 5.74) is 1.09. The first-order valence-corrected chi connectivity index (χ1v) is 7.77. The zero-order valence-corrected chi connectivity index (χ0v) is 12.7. The van der Waals surface area contributed by atoms with Gasteiger partial charge in [-0.15, -0.1) is 11.8 Å². The van der Waals surface area contributed by atoms with Crippen molar-refractivity contribution in [2.24, 2.45) is 0 Å². The fraction of sp³-hybridized carbons (Fsp3) is 0.312. The highest BCUT2D eigenvalue weighted by Crippen LogP contribution is 2.24. The molecular formula is C16H20N2OS. The van der Waals surface area contributed by atoms with Crippen molar-refractivity contribution in [3.63, 3.8) is 0 Å². The predicted octanol–water partition coefficient (Wildman–Crippen LogP) is 4.20. The second-order valence-electron chi connectivity index (χ2n) is 4.41. The highest BCUT2D eigenvalue weighted by molar-refractivity contribution is 7.98. The number of ether oxygens (including phenoxy) is 1. The number of anilines is 1. The molecule has 0 fully saturated rings. The molecule has 1 heterocycles. The molecule has 0 saturated carbocycles. The zero-order chi connectivity index (χ0) is 14.2. The minimum Gasteiger partial charge on any atom is -0.497 e. The average Bonchev–Trinajstić information content (AvgIpc) is 2.52. The molecule has 3 nitrogen and oxygen atoms in total. The van der Waals surface area contributed by atoms with Gasteiger partial charge >= 0.3 is 0 Å². The maximum Gasteiger partial charge on any atom is 0.126 e. The number of thioether (sulfide) groups is 1. The summed E-state index contributed by atoms with van der Waals surface area (Å²) in [6.07, 6.45) is 1.10. The second kappa shape index (κ2) is 7.80. The highest BCUT2D eigenvalue weighted by Gasteiger charge is 2.00. The molecule has 2 rings (SSSR count). The van der Waals surface area contributed by atoms with Gasteiger partial charge < -0.3 is 10.1 Å². The summed E-state index contributed by atoms with van der Waals surface area (Å²) in [4.78, 5) is 5.82. The van der Waals surface area contributed by atoms with E-state index in [1.807, 2.05) is 18.2 Å². The van der Waals surface area contributed by atoms with Crippen molar-refractivity contribution in [3.05, 3.63) is 48.2 Å². The van der Waals surface area contributed by atoms with E-state index in [-0.39, 0.29) is 0 Å². The minimum absolute atomic E-state index is 0.869. The molecule has 0 bridgehead atoms. The maximum atomic E-state index is 5.16.